The van der Waals surface area contributed by atoms with Gasteiger partial charge in [0.1, 0.15) is 5.82 Å². The van der Waals surface area contributed by atoms with Crippen molar-refractivity contribution < 1.29 is 9.18 Å². The van der Waals surface area contributed by atoms with Crippen molar-refractivity contribution in [3.05, 3.63) is 45.7 Å². The highest BCUT2D eigenvalue weighted by molar-refractivity contribution is 7.15. The molecule has 1 aromatic heterocycles. The van der Waals surface area contributed by atoms with Crippen LogP contribution in [0.1, 0.15) is 32.9 Å². The van der Waals surface area contributed by atoms with E-state index >= 15 is 0 Å². The average Bonchev–Trinajstić information content (AvgIpc) is 2.82. The zero-order valence-electron chi connectivity index (χ0n) is 12.1. The van der Waals surface area contributed by atoms with Crippen molar-refractivity contribution in [3.63, 3.8) is 0 Å². The molecular formula is C15H17ClFN3OS. The van der Waals surface area contributed by atoms with E-state index in [-0.39, 0.29) is 24.4 Å². The van der Waals surface area contributed by atoms with Gasteiger partial charge in [0.25, 0.3) is 5.91 Å². The molecule has 0 spiro atoms. The number of thiazole rings is 1. The van der Waals surface area contributed by atoms with Crippen LogP contribution in [0, 0.1) is 12.7 Å². The van der Waals surface area contributed by atoms with Crippen LogP contribution >= 0.6 is 23.7 Å². The number of carbonyl (C=O) groups excluding carboxylic acids is 1. The third-order valence-electron chi connectivity index (χ3n) is 3.64. The van der Waals surface area contributed by atoms with Crippen molar-refractivity contribution in [2.24, 2.45) is 5.73 Å². The first-order chi connectivity index (χ1) is 10.0. The fraction of sp³-hybridized carbons (Fsp3) is 0.333. The first-order valence-electron chi connectivity index (χ1n) is 6.84. The van der Waals surface area contributed by atoms with Crippen LogP contribution in [0.15, 0.2) is 18.2 Å². The summed E-state index contributed by atoms with van der Waals surface area (Å²) in [5.74, 6) is -0.752. The maximum absolute atomic E-state index is 13.3. The quantitative estimate of drug-likeness (QED) is 0.882. The molecule has 0 saturated heterocycles. The maximum Gasteiger partial charge on any atom is 0.257 e. The molecule has 3 N–H and O–H groups in total. The van der Waals surface area contributed by atoms with Gasteiger partial charge in [-0.25, -0.2) is 9.37 Å². The van der Waals surface area contributed by atoms with Gasteiger partial charge in [-0.1, -0.05) is 6.07 Å². The second-order valence-electron chi connectivity index (χ2n) is 5.31. The molecule has 2 aromatic rings. The molecule has 1 amide bonds. The number of hydrogen-bond donors (Lipinski definition) is 2. The van der Waals surface area contributed by atoms with E-state index in [2.05, 4.69) is 10.3 Å². The minimum absolute atomic E-state index is 0. The Kier molecular flexibility index (Phi) is 5.16. The molecule has 7 heteroatoms. The van der Waals surface area contributed by atoms with E-state index in [0.29, 0.717) is 10.7 Å². The maximum atomic E-state index is 13.3. The summed E-state index contributed by atoms with van der Waals surface area (Å²) >= 11 is 1.46. The van der Waals surface area contributed by atoms with Gasteiger partial charge in [0.2, 0.25) is 0 Å². The molecule has 1 aliphatic carbocycles. The fourth-order valence-electron chi connectivity index (χ4n) is 2.46. The number of hydrogen-bond acceptors (Lipinski definition) is 4. The van der Waals surface area contributed by atoms with Crippen LogP contribution in [0.3, 0.4) is 0 Å². The van der Waals surface area contributed by atoms with Crippen LogP contribution in [0.5, 0.6) is 0 Å². The van der Waals surface area contributed by atoms with Crippen molar-refractivity contribution in [1.82, 2.24) is 4.98 Å². The van der Waals surface area contributed by atoms with Crippen LogP contribution in [0.4, 0.5) is 9.52 Å². The molecule has 0 aliphatic heterocycles. The van der Waals surface area contributed by atoms with Gasteiger partial charge in [-0.15, -0.1) is 23.7 Å². The van der Waals surface area contributed by atoms with E-state index in [1.807, 2.05) is 0 Å². The Hall–Kier alpha value is -1.50. The number of nitrogens with zero attached hydrogens (tertiary/aromatic N) is 1. The van der Waals surface area contributed by atoms with E-state index in [0.717, 1.165) is 35.4 Å². The largest absolute Gasteiger partial charge is 0.327 e. The minimum Gasteiger partial charge on any atom is -0.327 e. The Balaban J connectivity index is 0.00000176. The summed E-state index contributed by atoms with van der Waals surface area (Å²) in [5, 5.41) is 3.32. The number of aromatic nitrogens is 1. The second kappa shape index (κ2) is 6.73. The Labute approximate surface area is 138 Å². The normalized spacial score (nSPS) is 16.6. The molecule has 22 heavy (non-hydrogen) atoms. The highest BCUT2D eigenvalue weighted by atomic mass is 35.5. The van der Waals surface area contributed by atoms with Crippen molar-refractivity contribution in [1.29, 1.82) is 0 Å². The Morgan fingerprint density at radius 3 is 3.05 bits per heavy atom. The van der Waals surface area contributed by atoms with E-state index in [1.165, 1.54) is 23.5 Å². The molecule has 1 aliphatic rings. The summed E-state index contributed by atoms with van der Waals surface area (Å²) in [7, 11) is 0. The number of anilines is 1. The van der Waals surface area contributed by atoms with Gasteiger partial charge < -0.3 is 5.73 Å². The van der Waals surface area contributed by atoms with Gasteiger partial charge in [0, 0.05) is 16.5 Å². The van der Waals surface area contributed by atoms with Gasteiger partial charge in [-0.3, -0.25) is 10.1 Å². The van der Waals surface area contributed by atoms with Crippen molar-refractivity contribution in [2.75, 3.05) is 5.32 Å². The molecule has 0 bridgehead atoms. The Morgan fingerprint density at radius 1 is 1.50 bits per heavy atom. The van der Waals surface area contributed by atoms with E-state index in [9.17, 15) is 9.18 Å². The van der Waals surface area contributed by atoms with Gasteiger partial charge in [-0.05, 0) is 43.9 Å². The van der Waals surface area contributed by atoms with Gasteiger partial charge in [0.15, 0.2) is 5.13 Å². The van der Waals surface area contributed by atoms with Crippen LogP contribution in [0.25, 0.3) is 0 Å². The van der Waals surface area contributed by atoms with Crippen molar-refractivity contribution in [3.8, 4) is 0 Å². The standard InChI is InChI=1S/C15H16FN3OS.ClH/c1-8-2-3-9(16)6-11(8)14(20)19-15-18-12-5-4-10(17)7-13(12)21-15;/h2-3,6,10H,4-5,7,17H2,1H3,(H,18,19,20);1H/t10-;/m0./s1. The summed E-state index contributed by atoms with van der Waals surface area (Å²) in [4.78, 5) is 17.8. The molecule has 0 fully saturated rings. The summed E-state index contributed by atoms with van der Waals surface area (Å²) in [6.45, 7) is 1.78. The lowest BCUT2D eigenvalue weighted by Gasteiger charge is -2.15. The highest BCUT2D eigenvalue weighted by Crippen LogP contribution is 2.29. The third kappa shape index (κ3) is 3.45. The van der Waals surface area contributed by atoms with E-state index in [1.54, 1.807) is 13.0 Å². The molecule has 1 aromatic carbocycles. The van der Waals surface area contributed by atoms with Crippen LogP contribution in [0.2, 0.25) is 0 Å². The number of carbonyl (C=O) groups is 1. The lowest BCUT2D eigenvalue weighted by Crippen LogP contribution is -2.27. The molecule has 118 valence electrons. The Bertz CT molecular complexity index is 704. The third-order valence-corrected chi connectivity index (χ3v) is 4.68. The highest BCUT2D eigenvalue weighted by Gasteiger charge is 2.21. The van der Waals surface area contributed by atoms with Gasteiger partial charge in [-0.2, -0.15) is 0 Å². The zero-order valence-corrected chi connectivity index (χ0v) is 13.7. The SMILES string of the molecule is Cc1ccc(F)cc1C(=O)Nc1nc2c(s1)C[C@@H](N)CC2.Cl. The molecule has 0 radical (unpaired) electrons. The predicted molar refractivity (Wildman–Crippen MR) is 88.5 cm³/mol. The molecule has 0 unspecified atom stereocenters. The number of halogens is 2. The van der Waals surface area contributed by atoms with E-state index < -0.39 is 5.82 Å². The molecule has 0 saturated carbocycles. The molecule has 1 atom stereocenters. The number of aryl methyl sites for hydroxylation is 2. The van der Waals surface area contributed by atoms with E-state index in [4.69, 9.17) is 5.73 Å². The van der Waals surface area contributed by atoms with Crippen LogP contribution in [-0.4, -0.2) is 16.9 Å². The smallest absolute Gasteiger partial charge is 0.257 e. The number of amides is 1. The molecule has 1 heterocycles. The lowest BCUT2D eigenvalue weighted by molar-refractivity contribution is 0.102. The zero-order chi connectivity index (χ0) is 15.0. The lowest BCUT2D eigenvalue weighted by atomic mass is 9.99. The Morgan fingerprint density at radius 2 is 2.27 bits per heavy atom. The number of nitrogens with two attached hydrogens (primary N) is 1. The minimum atomic E-state index is -0.421. The summed E-state index contributed by atoms with van der Waals surface area (Å²) in [6.07, 6.45) is 2.58. The summed E-state index contributed by atoms with van der Waals surface area (Å²) in [6, 6.07) is 4.35. The van der Waals surface area contributed by atoms with Crippen molar-refractivity contribution in [2.45, 2.75) is 32.2 Å². The number of fused-ring (bicyclic) bond motifs is 1. The summed E-state index contributed by atoms with van der Waals surface area (Å²) in [5.41, 5.74) is 8.03. The van der Waals surface area contributed by atoms with Crippen LogP contribution in [-0.2, 0) is 12.8 Å². The summed E-state index contributed by atoms with van der Waals surface area (Å²) < 4.78 is 13.3. The van der Waals surface area contributed by atoms with Crippen molar-refractivity contribution >= 4 is 34.8 Å². The predicted octanol–water partition coefficient (Wildman–Crippen LogP) is 3.08. The number of nitrogens with one attached hydrogen (secondary N) is 1. The monoisotopic (exact) mass is 341 g/mol. The second-order valence-corrected chi connectivity index (χ2v) is 6.39. The van der Waals surface area contributed by atoms with Gasteiger partial charge in [0.05, 0.1) is 5.69 Å². The van der Waals surface area contributed by atoms with Crippen LogP contribution < -0.4 is 11.1 Å². The molecular weight excluding hydrogens is 325 g/mol. The number of rotatable bonds is 2. The topological polar surface area (TPSA) is 68.0 Å². The average molecular weight is 342 g/mol. The number of benzene rings is 1. The fourth-order valence-corrected chi connectivity index (χ4v) is 3.55. The van der Waals surface area contributed by atoms with Gasteiger partial charge >= 0.3 is 0 Å². The first-order valence-corrected chi connectivity index (χ1v) is 7.66. The first kappa shape index (κ1) is 16.9. The molecule has 4 nitrogen and oxygen atoms in total. The molecule has 3 rings (SSSR count).